The van der Waals surface area contributed by atoms with Crippen molar-refractivity contribution in [3.05, 3.63) is 0 Å². The molecule has 0 bridgehead atoms. The van der Waals surface area contributed by atoms with E-state index in [2.05, 4.69) is 24.5 Å². The highest BCUT2D eigenvalue weighted by molar-refractivity contribution is 7.91. The van der Waals surface area contributed by atoms with Gasteiger partial charge in [0.1, 0.15) is 0 Å². The van der Waals surface area contributed by atoms with Crippen LogP contribution in [0.5, 0.6) is 0 Å². The van der Waals surface area contributed by atoms with E-state index in [0.29, 0.717) is 17.5 Å². The Labute approximate surface area is 105 Å². The van der Waals surface area contributed by atoms with Crippen molar-refractivity contribution in [2.24, 2.45) is 0 Å². The van der Waals surface area contributed by atoms with Crippen LogP contribution in [0, 0.1) is 0 Å². The van der Waals surface area contributed by atoms with Crippen LogP contribution in [-0.2, 0) is 9.84 Å². The zero-order valence-electron chi connectivity index (χ0n) is 11.3. The highest BCUT2D eigenvalue weighted by atomic mass is 32.2. The molecule has 1 heterocycles. The van der Waals surface area contributed by atoms with E-state index in [1.54, 1.807) is 0 Å². The molecular formula is C12H26N2O2S. The molecule has 1 unspecified atom stereocenters. The molecule has 0 aromatic carbocycles. The van der Waals surface area contributed by atoms with Gasteiger partial charge in [-0.1, -0.05) is 13.8 Å². The molecule has 102 valence electrons. The summed E-state index contributed by atoms with van der Waals surface area (Å²) >= 11 is 0. The molecule has 0 aromatic heterocycles. The first-order valence-electron chi connectivity index (χ1n) is 6.52. The molecule has 0 radical (unpaired) electrons. The maximum atomic E-state index is 11.4. The van der Waals surface area contributed by atoms with E-state index < -0.39 is 9.84 Å². The summed E-state index contributed by atoms with van der Waals surface area (Å²) in [7, 11) is -2.79. The van der Waals surface area contributed by atoms with Crippen molar-refractivity contribution in [1.82, 2.24) is 10.6 Å². The van der Waals surface area contributed by atoms with Crippen LogP contribution in [0.15, 0.2) is 0 Å². The van der Waals surface area contributed by atoms with E-state index in [-0.39, 0.29) is 5.54 Å². The van der Waals surface area contributed by atoms with Gasteiger partial charge in [-0.15, -0.1) is 0 Å². The fourth-order valence-electron chi connectivity index (χ4n) is 2.18. The smallest absolute Gasteiger partial charge is 0.152 e. The summed E-state index contributed by atoms with van der Waals surface area (Å²) in [6.45, 7) is 8.25. The van der Waals surface area contributed by atoms with Crippen LogP contribution in [0.2, 0.25) is 0 Å². The molecule has 0 aromatic rings. The Balaban J connectivity index is 2.11. The molecule has 1 aliphatic rings. The van der Waals surface area contributed by atoms with Gasteiger partial charge in [0.25, 0.3) is 0 Å². The summed E-state index contributed by atoms with van der Waals surface area (Å²) in [4.78, 5) is 0. The number of hydrogen-bond acceptors (Lipinski definition) is 4. The minimum atomic E-state index is -2.79. The molecule has 0 amide bonds. The molecule has 1 fully saturated rings. The SMILES string of the molecule is CC(C)NCCCCNC1(C)CCS(=O)(=O)C1. The van der Waals surface area contributed by atoms with Gasteiger partial charge in [-0.2, -0.15) is 0 Å². The molecule has 4 nitrogen and oxygen atoms in total. The van der Waals surface area contributed by atoms with E-state index in [9.17, 15) is 8.42 Å². The van der Waals surface area contributed by atoms with Gasteiger partial charge >= 0.3 is 0 Å². The fourth-order valence-corrected chi connectivity index (χ4v) is 4.30. The lowest BCUT2D eigenvalue weighted by Gasteiger charge is -2.24. The Kier molecular flexibility index (Phi) is 5.41. The number of rotatable bonds is 7. The van der Waals surface area contributed by atoms with Crippen LogP contribution < -0.4 is 10.6 Å². The number of sulfone groups is 1. The summed E-state index contributed by atoms with van der Waals surface area (Å²) in [6, 6.07) is 0.542. The van der Waals surface area contributed by atoms with Gasteiger partial charge in [0.2, 0.25) is 0 Å². The number of hydrogen-bond donors (Lipinski definition) is 2. The van der Waals surface area contributed by atoms with Crippen molar-refractivity contribution in [1.29, 1.82) is 0 Å². The lowest BCUT2D eigenvalue weighted by atomic mass is 10.0. The highest BCUT2D eigenvalue weighted by Crippen LogP contribution is 2.22. The maximum Gasteiger partial charge on any atom is 0.152 e. The predicted octanol–water partition coefficient (Wildman–Crippen LogP) is 0.931. The van der Waals surface area contributed by atoms with Gasteiger partial charge in [0, 0.05) is 11.6 Å². The van der Waals surface area contributed by atoms with Gasteiger partial charge in [-0.25, -0.2) is 8.42 Å². The Bertz CT molecular complexity index is 327. The first-order chi connectivity index (χ1) is 7.83. The molecule has 0 saturated carbocycles. The highest BCUT2D eigenvalue weighted by Gasteiger charge is 2.37. The predicted molar refractivity (Wildman–Crippen MR) is 72.1 cm³/mol. The zero-order valence-corrected chi connectivity index (χ0v) is 12.1. The second kappa shape index (κ2) is 6.16. The largest absolute Gasteiger partial charge is 0.315 e. The fraction of sp³-hybridized carbons (Fsp3) is 1.00. The normalized spacial score (nSPS) is 27.8. The molecule has 17 heavy (non-hydrogen) atoms. The third-order valence-corrected chi connectivity index (χ3v) is 5.11. The zero-order chi connectivity index (χ0) is 12.9. The average Bonchev–Trinajstić information content (AvgIpc) is 2.47. The molecule has 1 rings (SSSR count). The van der Waals surface area contributed by atoms with Crippen molar-refractivity contribution >= 4 is 9.84 Å². The first kappa shape index (κ1) is 14.9. The van der Waals surface area contributed by atoms with Gasteiger partial charge in [0.15, 0.2) is 9.84 Å². The third-order valence-electron chi connectivity index (χ3n) is 3.21. The van der Waals surface area contributed by atoms with Crippen LogP contribution in [-0.4, -0.2) is 44.6 Å². The molecule has 0 spiro atoms. The van der Waals surface area contributed by atoms with Gasteiger partial charge in [-0.3, -0.25) is 0 Å². The van der Waals surface area contributed by atoms with Crippen LogP contribution >= 0.6 is 0 Å². The summed E-state index contributed by atoms with van der Waals surface area (Å²) in [5.74, 6) is 0.635. The van der Waals surface area contributed by atoms with E-state index in [0.717, 1.165) is 32.4 Å². The summed E-state index contributed by atoms with van der Waals surface area (Å²) < 4.78 is 22.8. The van der Waals surface area contributed by atoms with Crippen LogP contribution in [0.1, 0.15) is 40.0 Å². The Morgan fingerprint density at radius 2 is 1.88 bits per heavy atom. The third kappa shape index (κ3) is 5.84. The first-order valence-corrected chi connectivity index (χ1v) is 8.34. The van der Waals surface area contributed by atoms with Crippen LogP contribution in [0.25, 0.3) is 0 Å². The minimum absolute atomic E-state index is 0.190. The topological polar surface area (TPSA) is 58.2 Å². The Morgan fingerprint density at radius 3 is 2.41 bits per heavy atom. The van der Waals surface area contributed by atoms with Crippen LogP contribution in [0.4, 0.5) is 0 Å². The van der Waals surface area contributed by atoms with Crippen molar-refractivity contribution in [2.75, 3.05) is 24.6 Å². The van der Waals surface area contributed by atoms with Crippen LogP contribution in [0.3, 0.4) is 0 Å². The standard InChI is InChI=1S/C12H26N2O2S/c1-11(2)13-7-4-5-8-14-12(3)6-9-17(15,16)10-12/h11,13-14H,4-10H2,1-3H3. The lowest BCUT2D eigenvalue weighted by Crippen LogP contribution is -2.43. The minimum Gasteiger partial charge on any atom is -0.315 e. The Morgan fingerprint density at radius 1 is 1.24 bits per heavy atom. The average molecular weight is 262 g/mol. The van der Waals surface area contributed by atoms with Crippen molar-refractivity contribution < 1.29 is 8.42 Å². The molecule has 2 N–H and O–H groups in total. The van der Waals surface area contributed by atoms with E-state index in [1.807, 2.05) is 6.92 Å². The molecule has 1 saturated heterocycles. The second-order valence-electron chi connectivity index (χ2n) is 5.65. The number of nitrogens with one attached hydrogen (secondary N) is 2. The van der Waals surface area contributed by atoms with Gasteiger partial charge in [-0.05, 0) is 39.3 Å². The molecule has 1 atom stereocenters. The maximum absolute atomic E-state index is 11.4. The number of unbranched alkanes of at least 4 members (excludes halogenated alkanes) is 1. The monoisotopic (exact) mass is 262 g/mol. The van der Waals surface area contributed by atoms with E-state index in [1.165, 1.54) is 0 Å². The van der Waals surface area contributed by atoms with Gasteiger partial charge in [0.05, 0.1) is 11.5 Å². The van der Waals surface area contributed by atoms with E-state index in [4.69, 9.17) is 0 Å². The van der Waals surface area contributed by atoms with E-state index >= 15 is 0 Å². The lowest BCUT2D eigenvalue weighted by molar-refractivity contribution is 0.390. The quantitative estimate of drug-likeness (QED) is 0.670. The molecule has 5 heteroatoms. The summed E-state index contributed by atoms with van der Waals surface area (Å²) in [5.41, 5.74) is -0.190. The molecule has 0 aliphatic carbocycles. The summed E-state index contributed by atoms with van der Waals surface area (Å²) in [6.07, 6.45) is 2.98. The summed E-state index contributed by atoms with van der Waals surface area (Å²) in [5, 5.41) is 6.77. The van der Waals surface area contributed by atoms with Crippen molar-refractivity contribution in [3.63, 3.8) is 0 Å². The second-order valence-corrected chi connectivity index (χ2v) is 7.83. The van der Waals surface area contributed by atoms with Crippen molar-refractivity contribution in [2.45, 2.75) is 51.6 Å². The molecular weight excluding hydrogens is 236 g/mol. The Hall–Kier alpha value is -0.130. The van der Waals surface area contributed by atoms with Gasteiger partial charge < -0.3 is 10.6 Å². The van der Waals surface area contributed by atoms with Crippen molar-refractivity contribution in [3.8, 4) is 0 Å². The molecule has 1 aliphatic heterocycles.